The number of aliphatic imine (C=N–C) groups is 1. The molecule has 0 radical (unpaired) electrons. The number of alkyl halides is 6. The van der Waals surface area contributed by atoms with Gasteiger partial charge < -0.3 is 15.0 Å². The second-order valence-electron chi connectivity index (χ2n) is 7.44. The van der Waals surface area contributed by atoms with Gasteiger partial charge in [-0.25, -0.2) is 0 Å². The monoisotopic (exact) mass is 596 g/mol. The third-order valence-electron chi connectivity index (χ3n) is 4.79. The fraction of sp³-hybridized carbons (Fsp3) is 0.375. The van der Waals surface area contributed by atoms with Gasteiger partial charge in [-0.05, 0) is 18.4 Å². The Bertz CT molecular complexity index is 1020. The number of carbonyl (C=O) groups is 2. The molecule has 0 aromatic heterocycles. The zero-order valence-electron chi connectivity index (χ0n) is 21.3. The maximum Gasteiger partial charge on any atom is 1.00 e. The van der Waals surface area contributed by atoms with Crippen LogP contribution >= 0.6 is 0 Å². The number of hydrogen-bond acceptors (Lipinski definition) is 5. The molecule has 2 aromatic rings. The Labute approximate surface area is 289 Å². The first-order valence-electron chi connectivity index (χ1n) is 10.7. The molecule has 0 bridgehead atoms. The van der Waals surface area contributed by atoms with E-state index in [1.54, 1.807) is 12.1 Å². The van der Waals surface area contributed by atoms with E-state index in [2.05, 4.69) is 10.3 Å². The van der Waals surface area contributed by atoms with Gasteiger partial charge in [0.05, 0.1) is 12.0 Å². The zero-order chi connectivity index (χ0) is 27.5. The molecule has 0 saturated carbocycles. The van der Waals surface area contributed by atoms with Crippen molar-refractivity contribution in [1.82, 2.24) is 5.32 Å². The molecule has 2 aromatic carbocycles. The second kappa shape index (κ2) is 20.2. The van der Waals surface area contributed by atoms with Gasteiger partial charge in [-0.1, -0.05) is 82.9 Å². The van der Waals surface area contributed by atoms with Crippen molar-refractivity contribution in [1.29, 1.82) is 0 Å². The Morgan fingerprint density at radius 3 is 1.72 bits per heavy atom. The van der Waals surface area contributed by atoms with Gasteiger partial charge in [0.25, 0.3) is 0 Å². The summed E-state index contributed by atoms with van der Waals surface area (Å²) in [5.74, 6) is -2.90. The maximum atomic E-state index is 12.9. The average molecular weight is 596 g/mol. The number of halogens is 6. The van der Waals surface area contributed by atoms with Crippen molar-refractivity contribution in [3.05, 3.63) is 71.8 Å². The number of carbonyl (C=O) groups excluding carboxylic acids is 1. The van der Waals surface area contributed by atoms with E-state index in [9.17, 15) is 41.0 Å². The molecule has 0 unspecified atom stereocenters. The van der Waals surface area contributed by atoms with E-state index < -0.39 is 48.1 Å². The summed E-state index contributed by atoms with van der Waals surface area (Å²) in [6.07, 6.45) is -9.22. The molecule has 0 aliphatic heterocycles. The van der Waals surface area contributed by atoms with Crippen LogP contribution in [0.5, 0.6) is 0 Å². The fourth-order valence-electron chi connectivity index (χ4n) is 2.96. The number of carboxylic acids is 2. The van der Waals surface area contributed by atoms with Gasteiger partial charge in [-0.2, -0.15) is 26.3 Å². The molecular weight excluding hydrogens is 567 g/mol. The standard InChI is InChI=1S/C12H14F3NO2.C12H12F3NO2.BH4.K.Na/c2*1-2-9(11(17)18)16-10(12(13,14)15)8-6-4-3-5-7-8;;;/h3-7,9-10,16H,2H2,1H3,(H,17,18);3-7,9H,2H2,1H3,(H,17,18);1H4;;/q;;-1;2*+1/p-1/t9-,10+;9-;;;/m00.../s1. The Morgan fingerprint density at radius 2 is 1.38 bits per heavy atom. The molecular formula is C24H29BF6KN2NaO4. The summed E-state index contributed by atoms with van der Waals surface area (Å²) in [7, 11) is 0. The first kappa shape index (κ1) is 42.8. The van der Waals surface area contributed by atoms with Crippen LogP contribution in [0.4, 0.5) is 26.3 Å². The fourth-order valence-corrected chi connectivity index (χ4v) is 2.96. The molecule has 2 rings (SSSR count). The summed E-state index contributed by atoms with van der Waals surface area (Å²) >= 11 is 0. The number of hydrogen-bond donors (Lipinski definition) is 2. The van der Waals surface area contributed by atoms with Crippen molar-refractivity contribution in [3.8, 4) is 0 Å². The topological polar surface area (TPSA) is 102 Å². The molecule has 15 heteroatoms. The van der Waals surface area contributed by atoms with Gasteiger partial charge in [-0.3, -0.25) is 15.1 Å². The molecule has 0 amide bonds. The molecule has 0 saturated heterocycles. The largest absolute Gasteiger partial charge is 1.00 e. The van der Waals surface area contributed by atoms with E-state index in [1.807, 2.05) is 0 Å². The van der Waals surface area contributed by atoms with Crippen molar-refractivity contribution in [2.24, 2.45) is 4.99 Å². The minimum Gasteiger partial charge on any atom is -0.548 e. The first-order chi connectivity index (χ1) is 16.7. The van der Waals surface area contributed by atoms with Gasteiger partial charge in [0.15, 0.2) is 0 Å². The maximum absolute atomic E-state index is 12.9. The van der Waals surface area contributed by atoms with Gasteiger partial charge in [0.1, 0.15) is 17.8 Å². The smallest absolute Gasteiger partial charge is 0.548 e. The molecule has 3 atom stereocenters. The third kappa shape index (κ3) is 15.2. The number of benzene rings is 2. The van der Waals surface area contributed by atoms with Gasteiger partial charge >= 0.3 is 99.3 Å². The van der Waals surface area contributed by atoms with Crippen LogP contribution < -0.4 is 91.4 Å². The summed E-state index contributed by atoms with van der Waals surface area (Å²) < 4.78 is 77.2. The van der Waals surface area contributed by atoms with Crippen molar-refractivity contribution in [2.75, 3.05) is 0 Å². The minimum absolute atomic E-state index is 0. The first-order valence-corrected chi connectivity index (χ1v) is 10.7. The van der Waals surface area contributed by atoms with E-state index in [0.717, 1.165) is 0 Å². The van der Waals surface area contributed by atoms with E-state index in [-0.39, 0.29) is 113 Å². The predicted octanol–water partition coefficient (Wildman–Crippen LogP) is -3.13. The summed E-state index contributed by atoms with van der Waals surface area (Å²) in [5, 5.41) is 21.6. The number of aliphatic carboxylic acids is 2. The molecule has 0 heterocycles. The van der Waals surface area contributed by atoms with Gasteiger partial charge in [0.2, 0.25) is 0 Å². The minimum atomic E-state index is -4.70. The van der Waals surface area contributed by atoms with Crippen LogP contribution in [0.2, 0.25) is 0 Å². The molecule has 0 spiro atoms. The molecule has 2 N–H and O–H groups in total. The molecule has 39 heavy (non-hydrogen) atoms. The van der Waals surface area contributed by atoms with Crippen molar-refractivity contribution in [2.45, 2.75) is 57.2 Å². The van der Waals surface area contributed by atoms with Crippen LogP contribution in [0.3, 0.4) is 0 Å². The van der Waals surface area contributed by atoms with Crippen LogP contribution in [0.1, 0.15) is 43.9 Å². The average Bonchev–Trinajstić information content (AvgIpc) is 2.79. The van der Waals surface area contributed by atoms with Crippen LogP contribution in [0.15, 0.2) is 65.7 Å². The van der Waals surface area contributed by atoms with Crippen molar-refractivity contribution in [3.63, 3.8) is 0 Å². The van der Waals surface area contributed by atoms with Crippen molar-refractivity contribution >= 4 is 26.1 Å². The molecule has 206 valence electrons. The predicted molar refractivity (Wildman–Crippen MR) is 130 cm³/mol. The van der Waals surface area contributed by atoms with Gasteiger partial charge in [0, 0.05) is 5.56 Å². The summed E-state index contributed by atoms with van der Waals surface area (Å²) in [5.41, 5.74) is -1.35. The number of rotatable bonds is 9. The van der Waals surface area contributed by atoms with E-state index >= 15 is 0 Å². The van der Waals surface area contributed by atoms with E-state index in [1.165, 1.54) is 62.4 Å². The Morgan fingerprint density at radius 1 is 0.923 bits per heavy atom. The summed E-state index contributed by atoms with van der Waals surface area (Å²) in [6.45, 7) is 2.95. The zero-order valence-corrected chi connectivity index (χ0v) is 26.4. The molecule has 0 aliphatic rings. The second-order valence-corrected chi connectivity index (χ2v) is 7.44. The van der Waals surface area contributed by atoms with Crippen molar-refractivity contribution < 1.29 is 127 Å². The Hall–Kier alpha value is -0.709. The number of nitrogens with one attached hydrogen (secondary N) is 1. The third-order valence-corrected chi connectivity index (χ3v) is 4.79. The van der Waals surface area contributed by atoms with E-state index in [4.69, 9.17) is 5.11 Å². The van der Waals surface area contributed by atoms with Gasteiger partial charge in [-0.15, -0.1) is 0 Å². The van der Waals surface area contributed by atoms with Crippen LogP contribution in [-0.4, -0.2) is 55.6 Å². The summed E-state index contributed by atoms with van der Waals surface area (Å²) in [4.78, 5) is 24.7. The Balaban J connectivity index is -0.000000617. The molecule has 0 aliphatic carbocycles. The van der Waals surface area contributed by atoms with Crippen LogP contribution in [0.25, 0.3) is 0 Å². The number of carboxylic acid groups (broad SMARTS) is 2. The number of nitrogens with zero attached hydrogens (tertiary/aromatic N) is 1. The SMILES string of the molecule is CC[C@H](N=C(c1ccccc1)C(F)(F)F)C(=O)[O-].CC[C@H](N[C@H](c1ccccc1)C(F)(F)F)C(=O)O.[BH4-].[K+].[Na+]. The van der Waals surface area contributed by atoms with Crippen LogP contribution in [0, 0.1) is 0 Å². The summed E-state index contributed by atoms with van der Waals surface area (Å²) in [6, 6.07) is 9.39. The van der Waals surface area contributed by atoms with Crippen LogP contribution in [-0.2, 0) is 9.59 Å². The normalized spacial score (nSPS) is 13.6. The molecule has 0 fully saturated rings. The quantitative estimate of drug-likeness (QED) is 0.181. The van der Waals surface area contributed by atoms with E-state index in [0.29, 0.717) is 0 Å². The molecule has 6 nitrogen and oxygen atoms in total. The Kier molecular flexibility index (Phi) is 22.2.